The van der Waals surface area contributed by atoms with E-state index in [-0.39, 0.29) is 47.3 Å². The van der Waals surface area contributed by atoms with Crippen LogP contribution in [-0.4, -0.2) is 39.4 Å². The molecule has 10 nitrogen and oxygen atoms in total. The summed E-state index contributed by atoms with van der Waals surface area (Å²) in [5, 5.41) is 18.9. The van der Waals surface area contributed by atoms with Gasteiger partial charge in [0, 0.05) is 0 Å². The summed E-state index contributed by atoms with van der Waals surface area (Å²) in [4.78, 5) is 24.2. The summed E-state index contributed by atoms with van der Waals surface area (Å²) in [5.41, 5.74) is -1.65. The van der Waals surface area contributed by atoms with Crippen LogP contribution < -0.4 is 18.9 Å². The largest absolute Gasteiger partial charge is 0.493 e. The van der Waals surface area contributed by atoms with Gasteiger partial charge in [0.2, 0.25) is 11.5 Å². The summed E-state index contributed by atoms with van der Waals surface area (Å²) < 4.78 is 62.8. The molecule has 0 saturated heterocycles. The van der Waals surface area contributed by atoms with Crippen molar-refractivity contribution in [1.29, 1.82) is 10.5 Å². The van der Waals surface area contributed by atoms with Crippen LogP contribution in [-0.2, 0) is 9.47 Å². The number of carbonyl (C=O) groups excluding carboxylic acids is 2. The molecule has 12 heteroatoms. The van der Waals surface area contributed by atoms with Gasteiger partial charge in [-0.25, -0.2) is 18.4 Å². The standard InChI is InChI=1S/C28H22F2N2O8/c1-5-37-27(33)15-7-9-19(21(11-15)35-3)39-25-23(29)17(13-31)18(14-32)24(30)26(25)40-20-10-8-16(12-22(20)36-4)28(34)38-6-2/h7-12H,5-6H2,1-4H3. The van der Waals surface area contributed by atoms with E-state index in [0.29, 0.717) is 0 Å². The Kier molecular flexibility index (Phi) is 9.44. The van der Waals surface area contributed by atoms with E-state index in [0.717, 1.165) is 0 Å². The highest BCUT2D eigenvalue weighted by molar-refractivity contribution is 5.91. The van der Waals surface area contributed by atoms with Crippen molar-refractivity contribution in [2.24, 2.45) is 0 Å². The monoisotopic (exact) mass is 552 g/mol. The van der Waals surface area contributed by atoms with Crippen molar-refractivity contribution >= 4 is 11.9 Å². The van der Waals surface area contributed by atoms with E-state index in [4.69, 9.17) is 28.4 Å². The van der Waals surface area contributed by atoms with Gasteiger partial charge in [-0.3, -0.25) is 0 Å². The molecule has 0 spiro atoms. The molecule has 0 bridgehead atoms. The molecule has 0 atom stereocenters. The highest BCUT2D eigenvalue weighted by Gasteiger charge is 2.30. The lowest BCUT2D eigenvalue weighted by atomic mass is 10.1. The van der Waals surface area contributed by atoms with Gasteiger partial charge in [0.1, 0.15) is 23.3 Å². The van der Waals surface area contributed by atoms with Gasteiger partial charge in [0.05, 0.1) is 38.6 Å². The van der Waals surface area contributed by atoms with Crippen molar-refractivity contribution in [2.45, 2.75) is 13.8 Å². The van der Waals surface area contributed by atoms with E-state index in [1.54, 1.807) is 13.8 Å². The van der Waals surface area contributed by atoms with Crippen molar-refractivity contribution in [3.63, 3.8) is 0 Å². The SMILES string of the molecule is CCOC(=O)c1ccc(Oc2c(F)c(C#N)c(C#N)c(F)c2Oc2ccc(C(=O)OCC)cc2OC)c(OC)c1. The highest BCUT2D eigenvalue weighted by Crippen LogP contribution is 2.46. The minimum Gasteiger partial charge on any atom is -0.493 e. The second kappa shape index (κ2) is 12.9. The van der Waals surface area contributed by atoms with Crippen molar-refractivity contribution in [2.75, 3.05) is 27.4 Å². The first-order valence-electron chi connectivity index (χ1n) is 11.7. The number of methoxy groups -OCH3 is 2. The zero-order valence-corrected chi connectivity index (χ0v) is 21.8. The Morgan fingerprint density at radius 1 is 0.700 bits per heavy atom. The second-order valence-electron chi connectivity index (χ2n) is 7.64. The number of ether oxygens (including phenoxy) is 6. The number of nitrogens with zero attached hydrogens (tertiary/aromatic N) is 2. The number of carbonyl (C=O) groups is 2. The fraction of sp³-hybridized carbons (Fsp3) is 0.214. The average molecular weight is 552 g/mol. The topological polar surface area (TPSA) is 137 Å². The van der Waals surface area contributed by atoms with Crippen molar-refractivity contribution in [1.82, 2.24) is 0 Å². The zero-order valence-electron chi connectivity index (χ0n) is 21.8. The van der Waals surface area contributed by atoms with E-state index in [1.807, 2.05) is 0 Å². The predicted octanol–water partition coefficient (Wildman–Crippen LogP) is 5.66. The minimum atomic E-state index is -1.39. The third-order valence-electron chi connectivity index (χ3n) is 5.29. The Balaban J connectivity index is 2.18. The summed E-state index contributed by atoms with van der Waals surface area (Å²) in [6.07, 6.45) is 0. The van der Waals surface area contributed by atoms with Gasteiger partial charge in [-0.1, -0.05) is 0 Å². The fourth-order valence-electron chi connectivity index (χ4n) is 3.44. The summed E-state index contributed by atoms with van der Waals surface area (Å²) in [5.74, 6) is -6.38. The molecule has 206 valence electrons. The average Bonchev–Trinajstić information content (AvgIpc) is 2.96. The van der Waals surface area contributed by atoms with Gasteiger partial charge in [-0.05, 0) is 50.2 Å². The highest BCUT2D eigenvalue weighted by atomic mass is 19.1. The van der Waals surface area contributed by atoms with Crippen LogP contribution in [0.5, 0.6) is 34.5 Å². The Labute approximate surface area is 227 Å². The van der Waals surface area contributed by atoms with Crippen LogP contribution in [0.15, 0.2) is 36.4 Å². The molecule has 0 aromatic heterocycles. The number of benzene rings is 3. The van der Waals surface area contributed by atoms with Gasteiger partial charge in [0.25, 0.3) is 0 Å². The molecule has 3 aromatic carbocycles. The van der Waals surface area contributed by atoms with Crippen molar-refractivity contribution < 1.29 is 46.8 Å². The minimum absolute atomic E-state index is 0.0597. The molecule has 40 heavy (non-hydrogen) atoms. The number of hydrogen-bond donors (Lipinski definition) is 0. The van der Waals surface area contributed by atoms with Gasteiger partial charge in [0.15, 0.2) is 34.6 Å². The molecule has 0 unspecified atom stereocenters. The summed E-state index contributed by atoms with van der Waals surface area (Å²) in [6.45, 7) is 3.50. The summed E-state index contributed by atoms with van der Waals surface area (Å²) in [6, 6.07) is 10.5. The maximum absolute atomic E-state index is 15.6. The Bertz CT molecular complexity index is 1430. The Morgan fingerprint density at radius 2 is 1.07 bits per heavy atom. The lowest BCUT2D eigenvalue weighted by Gasteiger charge is -2.18. The Hall–Kier alpha value is -5.36. The number of hydrogen-bond acceptors (Lipinski definition) is 10. The lowest BCUT2D eigenvalue weighted by molar-refractivity contribution is 0.0516. The first kappa shape index (κ1) is 29.2. The lowest BCUT2D eigenvalue weighted by Crippen LogP contribution is -2.07. The van der Waals surface area contributed by atoms with Gasteiger partial charge >= 0.3 is 11.9 Å². The third-order valence-corrected chi connectivity index (χ3v) is 5.29. The maximum atomic E-state index is 15.6. The molecule has 3 rings (SSSR count). The summed E-state index contributed by atoms with van der Waals surface area (Å²) >= 11 is 0. The molecule has 0 radical (unpaired) electrons. The molecule has 0 fully saturated rings. The summed E-state index contributed by atoms with van der Waals surface area (Å²) in [7, 11) is 2.50. The molecule has 0 aliphatic rings. The number of rotatable bonds is 10. The molecule has 0 N–H and O–H groups in total. The zero-order chi connectivity index (χ0) is 29.4. The van der Waals surface area contributed by atoms with Crippen LogP contribution >= 0.6 is 0 Å². The van der Waals surface area contributed by atoms with Crippen LogP contribution in [0.2, 0.25) is 0 Å². The smallest absolute Gasteiger partial charge is 0.338 e. The van der Waals surface area contributed by atoms with Crippen molar-refractivity contribution in [3.05, 3.63) is 70.3 Å². The first-order valence-corrected chi connectivity index (χ1v) is 11.7. The van der Waals surface area contributed by atoms with Crippen LogP contribution in [0.25, 0.3) is 0 Å². The maximum Gasteiger partial charge on any atom is 0.338 e. The number of nitriles is 2. The van der Waals surface area contributed by atoms with E-state index in [2.05, 4.69) is 0 Å². The van der Waals surface area contributed by atoms with E-state index in [9.17, 15) is 20.1 Å². The normalized spacial score (nSPS) is 10.1. The molecule has 0 aliphatic carbocycles. The molecule has 0 saturated carbocycles. The molecular formula is C28H22F2N2O8. The quantitative estimate of drug-likeness (QED) is 0.290. The van der Waals surface area contributed by atoms with E-state index >= 15 is 8.78 Å². The first-order chi connectivity index (χ1) is 19.2. The van der Waals surface area contributed by atoms with Crippen molar-refractivity contribution in [3.8, 4) is 46.6 Å². The van der Waals surface area contributed by atoms with Gasteiger partial charge in [-0.15, -0.1) is 0 Å². The van der Waals surface area contributed by atoms with E-state index < -0.39 is 46.2 Å². The fourth-order valence-corrected chi connectivity index (χ4v) is 3.44. The number of halogens is 2. The van der Waals surface area contributed by atoms with Gasteiger partial charge < -0.3 is 28.4 Å². The number of esters is 2. The van der Waals surface area contributed by atoms with Gasteiger partial charge in [-0.2, -0.15) is 10.5 Å². The molecule has 3 aromatic rings. The molecule has 0 aliphatic heterocycles. The van der Waals surface area contributed by atoms with Crippen LogP contribution in [0.1, 0.15) is 45.7 Å². The molecule has 0 heterocycles. The molecular weight excluding hydrogens is 530 g/mol. The third kappa shape index (κ3) is 5.87. The van der Waals surface area contributed by atoms with Crippen LogP contribution in [0, 0.1) is 34.3 Å². The molecule has 0 amide bonds. The predicted molar refractivity (Wildman–Crippen MR) is 134 cm³/mol. The Morgan fingerprint density at radius 3 is 1.38 bits per heavy atom. The second-order valence-corrected chi connectivity index (χ2v) is 7.64. The van der Waals surface area contributed by atoms with Crippen LogP contribution in [0.3, 0.4) is 0 Å². The van der Waals surface area contributed by atoms with Crippen LogP contribution in [0.4, 0.5) is 8.78 Å². The van der Waals surface area contributed by atoms with E-state index in [1.165, 1.54) is 62.8 Å².